The van der Waals surface area contributed by atoms with Crippen LogP contribution in [0.3, 0.4) is 0 Å². The molecule has 4 nitrogen and oxygen atoms in total. The molecule has 0 rings (SSSR count). The molecule has 0 heterocycles. The first-order valence-corrected chi connectivity index (χ1v) is 8.84. The van der Waals surface area contributed by atoms with Gasteiger partial charge in [-0.05, 0) is 26.7 Å². The van der Waals surface area contributed by atoms with Crippen LogP contribution in [0, 0.1) is 5.92 Å². The number of ether oxygens (including phenoxy) is 1. The number of hydrogen-bond donors (Lipinski definition) is 1. The van der Waals surface area contributed by atoms with E-state index in [-0.39, 0.29) is 24.5 Å². The topological polar surface area (TPSA) is 55.4 Å². The van der Waals surface area contributed by atoms with E-state index in [2.05, 4.69) is 5.32 Å². The van der Waals surface area contributed by atoms with Crippen LogP contribution in [0.2, 0.25) is 0 Å². The Bertz CT molecular complexity index is 301. The van der Waals surface area contributed by atoms with Crippen molar-refractivity contribution in [1.29, 1.82) is 0 Å². The molecular weight excluding hydrogens is 278 g/mol. The standard InChI is InChI=1S/C18H35NO3/c1-15(2)17(20)12-10-8-6-5-7-9-11-13-19-18(21)14-22-16(3)4/h15-16H,5-14H2,1-4H3,(H,19,21). The number of carbonyl (C=O) groups excluding carboxylic acids is 2. The van der Waals surface area contributed by atoms with Crippen molar-refractivity contribution in [1.82, 2.24) is 5.32 Å². The minimum Gasteiger partial charge on any atom is -0.369 e. The molecule has 22 heavy (non-hydrogen) atoms. The monoisotopic (exact) mass is 313 g/mol. The van der Waals surface area contributed by atoms with E-state index in [1.54, 1.807) is 0 Å². The molecule has 0 saturated carbocycles. The second-order valence-corrected chi connectivity index (χ2v) is 6.56. The fraction of sp³-hybridized carbons (Fsp3) is 0.889. The molecule has 1 N–H and O–H groups in total. The lowest BCUT2D eigenvalue weighted by Crippen LogP contribution is -2.29. The summed E-state index contributed by atoms with van der Waals surface area (Å²) in [4.78, 5) is 22.8. The number of amides is 1. The zero-order chi connectivity index (χ0) is 16.8. The second-order valence-electron chi connectivity index (χ2n) is 6.56. The van der Waals surface area contributed by atoms with Gasteiger partial charge in [-0.3, -0.25) is 9.59 Å². The zero-order valence-corrected chi connectivity index (χ0v) is 15.0. The Kier molecular flexibility index (Phi) is 13.2. The molecule has 0 aromatic heterocycles. The van der Waals surface area contributed by atoms with E-state index < -0.39 is 0 Å². The molecule has 0 atom stereocenters. The highest BCUT2D eigenvalue weighted by Crippen LogP contribution is 2.10. The minimum atomic E-state index is -0.0245. The van der Waals surface area contributed by atoms with Crippen molar-refractivity contribution in [3.8, 4) is 0 Å². The molecule has 4 heteroatoms. The quantitative estimate of drug-likeness (QED) is 0.495. The molecule has 0 spiro atoms. The smallest absolute Gasteiger partial charge is 0.246 e. The number of ketones is 1. The summed E-state index contributed by atoms with van der Waals surface area (Å²) in [5, 5.41) is 2.87. The molecular formula is C18H35NO3. The Morgan fingerprint density at radius 3 is 1.95 bits per heavy atom. The van der Waals surface area contributed by atoms with Crippen LogP contribution in [0.15, 0.2) is 0 Å². The number of carbonyl (C=O) groups is 2. The first-order valence-electron chi connectivity index (χ1n) is 8.84. The third-order valence-corrected chi connectivity index (χ3v) is 3.61. The summed E-state index contributed by atoms with van der Waals surface area (Å²) in [6, 6.07) is 0. The van der Waals surface area contributed by atoms with Crippen LogP contribution < -0.4 is 5.32 Å². The van der Waals surface area contributed by atoms with Crippen LogP contribution in [-0.2, 0) is 14.3 Å². The van der Waals surface area contributed by atoms with E-state index in [1.165, 1.54) is 19.3 Å². The Morgan fingerprint density at radius 2 is 1.41 bits per heavy atom. The Labute approximate surface area is 136 Å². The van der Waals surface area contributed by atoms with Crippen LogP contribution in [-0.4, -0.2) is 30.9 Å². The van der Waals surface area contributed by atoms with E-state index in [4.69, 9.17) is 4.74 Å². The van der Waals surface area contributed by atoms with Crippen LogP contribution in [0.25, 0.3) is 0 Å². The molecule has 130 valence electrons. The van der Waals surface area contributed by atoms with Gasteiger partial charge in [0.05, 0.1) is 6.10 Å². The predicted molar refractivity (Wildman–Crippen MR) is 90.9 cm³/mol. The van der Waals surface area contributed by atoms with Crippen molar-refractivity contribution in [3.63, 3.8) is 0 Å². The lowest BCUT2D eigenvalue weighted by Gasteiger charge is -2.08. The Morgan fingerprint density at radius 1 is 0.864 bits per heavy atom. The molecule has 0 bridgehead atoms. The number of unbranched alkanes of at least 4 members (excludes halogenated alkanes) is 6. The van der Waals surface area contributed by atoms with Gasteiger partial charge < -0.3 is 10.1 Å². The van der Waals surface area contributed by atoms with Gasteiger partial charge in [0.25, 0.3) is 0 Å². The molecule has 0 aromatic carbocycles. The number of nitrogens with one attached hydrogen (secondary N) is 1. The van der Waals surface area contributed by atoms with Crippen LogP contribution >= 0.6 is 0 Å². The Hall–Kier alpha value is -0.900. The van der Waals surface area contributed by atoms with Gasteiger partial charge in [-0.25, -0.2) is 0 Å². The van der Waals surface area contributed by atoms with Crippen molar-refractivity contribution < 1.29 is 14.3 Å². The highest BCUT2D eigenvalue weighted by molar-refractivity contribution is 5.80. The minimum absolute atomic E-state index is 0.0245. The summed E-state index contributed by atoms with van der Waals surface area (Å²) in [5.41, 5.74) is 0. The van der Waals surface area contributed by atoms with Gasteiger partial charge in [-0.15, -0.1) is 0 Å². The summed E-state index contributed by atoms with van der Waals surface area (Å²) < 4.78 is 5.23. The lowest BCUT2D eigenvalue weighted by molar-refractivity contribution is -0.127. The van der Waals surface area contributed by atoms with Crippen molar-refractivity contribution in [2.75, 3.05) is 13.2 Å². The highest BCUT2D eigenvalue weighted by Gasteiger charge is 2.05. The largest absolute Gasteiger partial charge is 0.369 e. The summed E-state index contributed by atoms with van der Waals surface area (Å²) in [7, 11) is 0. The fourth-order valence-corrected chi connectivity index (χ4v) is 2.12. The molecule has 0 unspecified atom stereocenters. The van der Waals surface area contributed by atoms with Crippen LogP contribution in [0.5, 0.6) is 0 Å². The van der Waals surface area contributed by atoms with Gasteiger partial charge in [-0.1, -0.05) is 46.0 Å². The molecule has 0 aliphatic heterocycles. The van der Waals surface area contributed by atoms with Crippen LogP contribution in [0.1, 0.15) is 79.1 Å². The van der Waals surface area contributed by atoms with E-state index in [0.29, 0.717) is 5.78 Å². The third kappa shape index (κ3) is 14.1. The maximum absolute atomic E-state index is 11.4. The van der Waals surface area contributed by atoms with E-state index in [0.717, 1.165) is 38.6 Å². The van der Waals surface area contributed by atoms with E-state index in [9.17, 15) is 9.59 Å². The van der Waals surface area contributed by atoms with Crippen LogP contribution in [0.4, 0.5) is 0 Å². The second kappa shape index (κ2) is 13.7. The zero-order valence-electron chi connectivity index (χ0n) is 15.0. The van der Waals surface area contributed by atoms with Crippen molar-refractivity contribution in [3.05, 3.63) is 0 Å². The van der Waals surface area contributed by atoms with Gasteiger partial charge in [0.15, 0.2) is 0 Å². The molecule has 0 fully saturated rings. The van der Waals surface area contributed by atoms with Crippen molar-refractivity contribution in [2.24, 2.45) is 5.92 Å². The highest BCUT2D eigenvalue weighted by atomic mass is 16.5. The number of rotatable bonds is 14. The van der Waals surface area contributed by atoms with E-state index in [1.807, 2.05) is 27.7 Å². The van der Waals surface area contributed by atoms with Gasteiger partial charge in [0.2, 0.25) is 5.91 Å². The number of Topliss-reactive ketones (excluding diaryl/α,β-unsaturated/α-hetero) is 1. The first kappa shape index (κ1) is 21.1. The summed E-state index contributed by atoms with van der Waals surface area (Å²) in [6.45, 7) is 8.68. The van der Waals surface area contributed by atoms with Gasteiger partial charge in [-0.2, -0.15) is 0 Å². The van der Waals surface area contributed by atoms with Gasteiger partial charge in [0, 0.05) is 18.9 Å². The van der Waals surface area contributed by atoms with Crippen molar-refractivity contribution in [2.45, 2.75) is 85.2 Å². The maximum Gasteiger partial charge on any atom is 0.246 e. The third-order valence-electron chi connectivity index (χ3n) is 3.61. The van der Waals surface area contributed by atoms with Crippen molar-refractivity contribution >= 4 is 11.7 Å². The normalized spacial score (nSPS) is 11.2. The van der Waals surface area contributed by atoms with Gasteiger partial charge in [0.1, 0.15) is 12.4 Å². The average Bonchev–Trinajstić information content (AvgIpc) is 2.46. The summed E-state index contributed by atoms with van der Waals surface area (Å²) in [5.74, 6) is 0.543. The summed E-state index contributed by atoms with van der Waals surface area (Å²) >= 11 is 0. The average molecular weight is 313 g/mol. The molecule has 0 aromatic rings. The fourth-order valence-electron chi connectivity index (χ4n) is 2.12. The van der Waals surface area contributed by atoms with Gasteiger partial charge >= 0.3 is 0 Å². The molecule has 1 amide bonds. The Balaban J connectivity index is 3.24. The molecule has 0 saturated heterocycles. The van der Waals surface area contributed by atoms with E-state index >= 15 is 0 Å². The lowest BCUT2D eigenvalue weighted by atomic mass is 10.0. The molecule has 0 aliphatic carbocycles. The summed E-state index contributed by atoms with van der Waals surface area (Å²) in [6.07, 6.45) is 8.83. The number of hydrogen-bond acceptors (Lipinski definition) is 3. The SMILES string of the molecule is CC(C)OCC(=O)NCCCCCCCCCC(=O)C(C)C. The first-order chi connectivity index (χ1) is 10.4. The molecule has 0 aliphatic rings. The maximum atomic E-state index is 11.4. The molecule has 0 radical (unpaired) electrons. The predicted octanol–water partition coefficient (Wildman–Crippen LogP) is 3.87.